The van der Waals surface area contributed by atoms with Crippen molar-refractivity contribution in [2.24, 2.45) is 0 Å². The fraction of sp³-hybridized carbons (Fsp3) is 0.0833. The number of thiophene rings is 1. The number of ether oxygens (including phenoxy) is 1. The number of methoxy groups -OCH3 is 1. The van der Waals surface area contributed by atoms with E-state index in [1.54, 1.807) is 24.3 Å². The molecule has 0 aliphatic heterocycles. The maximum atomic E-state index is 12.1. The molecule has 1 heterocycles. The molecule has 106 valence electrons. The number of carbonyl (C=O) groups excluding carboxylic acids is 1. The van der Waals surface area contributed by atoms with Crippen LogP contribution < -0.4 is 9.46 Å². The molecule has 20 heavy (non-hydrogen) atoms. The molecule has 0 aliphatic rings. The first kappa shape index (κ1) is 15.0. The van der Waals surface area contributed by atoms with Crippen LogP contribution in [0.1, 0.15) is 9.67 Å². The Balaban J connectivity index is 2.24. The smallest absolute Gasteiger partial charge is 0.275 e. The average Bonchev–Trinajstić information content (AvgIpc) is 2.85. The van der Waals surface area contributed by atoms with Crippen molar-refractivity contribution in [3.8, 4) is 5.75 Å². The van der Waals surface area contributed by atoms with Crippen LogP contribution in [0.4, 0.5) is 0 Å². The number of sulfonamides is 1. The first-order valence-corrected chi connectivity index (χ1v) is 8.48. The summed E-state index contributed by atoms with van der Waals surface area (Å²) >= 11 is 4.37. The van der Waals surface area contributed by atoms with Crippen molar-refractivity contribution in [2.45, 2.75) is 4.90 Å². The third-order valence-electron chi connectivity index (χ3n) is 2.38. The van der Waals surface area contributed by atoms with E-state index < -0.39 is 15.9 Å². The highest BCUT2D eigenvalue weighted by Crippen LogP contribution is 2.23. The number of rotatable bonds is 4. The lowest BCUT2D eigenvalue weighted by Gasteiger charge is -2.07. The number of hydrogen-bond acceptors (Lipinski definition) is 5. The third kappa shape index (κ3) is 3.38. The number of amides is 1. The van der Waals surface area contributed by atoms with Crippen LogP contribution in [0, 0.1) is 0 Å². The van der Waals surface area contributed by atoms with Crippen LogP contribution in [0.2, 0.25) is 0 Å². The Hall–Kier alpha value is -1.38. The number of nitrogens with one attached hydrogen (secondary N) is 1. The zero-order valence-electron chi connectivity index (χ0n) is 10.3. The van der Waals surface area contributed by atoms with Crippen molar-refractivity contribution in [2.75, 3.05) is 7.11 Å². The van der Waals surface area contributed by atoms with Gasteiger partial charge in [0.2, 0.25) is 0 Å². The zero-order valence-corrected chi connectivity index (χ0v) is 13.5. The van der Waals surface area contributed by atoms with Gasteiger partial charge in [-0.05, 0) is 40.2 Å². The third-order valence-corrected chi connectivity index (χ3v) is 5.33. The number of carbonyl (C=O) groups is 1. The Morgan fingerprint density at radius 3 is 2.65 bits per heavy atom. The zero-order chi connectivity index (χ0) is 14.8. The van der Waals surface area contributed by atoms with Gasteiger partial charge in [0.25, 0.3) is 15.9 Å². The lowest BCUT2D eigenvalue weighted by Crippen LogP contribution is -2.29. The van der Waals surface area contributed by atoms with Gasteiger partial charge in [0.1, 0.15) is 5.75 Å². The molecule has 0 spiro atoms. The van der Waals surface area contributed by atoms with E-state index in [9.17, 15) is 13.2 Å². The number of halogens is 1. The maximum absolute atomic E-state index is 12.1. The van der Waals surface area contributed by atoms with Crippen LogP contribution in [0.3, 0.4) is 0 Å². The topological polar surface area (TPSA) is 72.5 Å². The van der Waals surface area contributed by atoms with Crippen molar-refractivity contribution in [3.05, 3.63) is 45.1 Å². The van der Waals surface area contributed by atoms with Crippen LogP contribution in [-0.2, 0) is 10.0 Å². The Morgan fingerprint density at radius 1 is 1.30 bits per heavy atom. The predicted molar refractivity (Wildman–Crippen MR) is 79.7 cm³/mol. The minimum Gasteiger partial charge on any atom is -0.497 e. The highest BCUT2D eigenvalue weighted by atomic mass is 79.9. The van der Waals surface area contributed by atoms with Gasteiger partial charge in [0.05, 0.1) is 20.7 Å². The van der Waals surface area contributed by atoms with E-state index in [0.29, 0.717) is 10.6 Å². The van der Waals surface area contributed by atoms with Crippen LogP contribution in [0.15, 0.2) is 45.1 Å². The molecule has 1 N–H and O–H groups in total. The van der Waals surface area contributed by atoms with E-state index in [2.05, 4.69) is 15.9 Å². The molecule has 0 atom stereocenters. The fourth-order valence-corrected chi connectivity index (χ4v) is 3.78. The van der Waals surface area contributed by atoms with Gasteiger partial charge in [-0.15, -0.1) is 11.3 Å². The lowest BCUT2D eigenvalue weighted by atomic mass is 10.3. The van der Waals surface area contributed by atoms with Crippen molar-refractivity contribution in [1.82, 2.24) is 4.72 Å². The summed E-state index contributed by atoms with van der Waals surface area (Å²) < 4.78 is 31.9. The van der Waals surface area contributed by atoms with E-state index in [1.165, 1.54) is 19.2 Å². The molecular weight excluding hydrogens is 366 g/mol. The molecule has 1 aromatic heterocycles. The number of hydrogen-bond donors (Lipinski definition) is 1. The Labute approximate surface area is 128 Å². The van der Waals surface area contributed by atoms with Gasteiger partial charge >= 0.3 is 0 Å². The Kier molecular flexibility index (Phi) is 4.46. The van der Waals surface area contributed by atoms with E-state index in [4.69, 9.17) is 4.74 Å². The summed E-state index contributed by atoms with van der Waals surface area (Å²) in [5.41, 5.74) is 0. The van der Waals surface area contributed by atoms with Crippen molar-refractivity contribution < 1.29 is 17.9 Å². The van der Waals surface area contributed by atoms with Gasteiger partial charge in [-0.1, -0.05) is 6.07 Å². The average molecular weight is 376 g/mol. The summed E-state index contributed by atoms with van der Waals surface area (Å²) in [4.78, 5) is 12.2. The molecule has 1 amide bonds. The van der Waals surface area contributed by atoms with E-state index >= 15 is 0 Å². The standard InChI is InChI=1S/C12H10BrNO4S2/c1-18-8-3-2-4-9(7-8)20(16,17)14-12(15)10-5-6-11(13)19-10/h2-7H,1H3,(H,14,15). The molecule has 0 saturated heterocycles. The van der Waals surface area contributed by atoms with E-state index in [-0.39, 0.29) is 4.90 Å². The molecule has 5 nitrogen and oxygen atoms in total. The van der Waals surface area contributed by atoms with Gasteiger partial charge in [-0.2, -0.15) is 0 Å². The summed E-state index contributed by atoms with van der Waals surface area (Å²) in [6, 6.07) is 9.13. The van der Waals surface area contributed by atoms with E-state index in [1.807, 2.05) is 4.72 Å². The Bertz CT molecular complexity index is 739. The van der Waals surface area contributed by atoms with Crippen LogP contribution in [0.5, 0.6) is 5.75 Å². The molecule has 0 bridgehead atoms. The molecule has 2 rings (SSSR count). The maximum Gasteiger partial charge on any atom is 0.275 e. The Morgan fingerprint density at radius 2 is 2.05 bits per heavy atom. The molecular formula is C12H10BrNO4S2. The second kappa shape index (κ2) is 5.94. The highest BCUT2D eigenvalue weighted by Gasteiger charge is 2.20. The molecule has 0 fully saturated rings. The van der Waals surface area contributed by atoms with Crippen molar-refractivity contribution >= 4 is 43.2 Å². The summed E-state index contributed by atoms with van der Waals surface area (Å²) in [7, 11) is -2.48. The minimum absolute atomic E-state index is 0.0270. The summed E-state index contributed by atoms with van der Waals surface area (Å²) in [6.45, 7) is 0. The largest absolute Gasteiger partial charge is 0.497 e. The molecule has 2 aromatic rings. The van der Waals surface area contributed by atoms with Crippen molar-refractivity contribution in [3.63, 3.8) is 0 Å². The van der Waals surface area contributed by atoms with Crippen LogP contribution >= 0.6 is 27.3 Å². The highest BCUT2D eigenvalue weighted by molar-refractivity contribution is 9.11. The van der Waals surface area contributed by atoms with Crippen LogP contribution in [-0.4, -0.2) is 21.4 Å². The van der Waals surface area contributed by atoms with Gasteiger partial charge in [0.15, 0.2) is 0 Å². The summed E-state index contributed by atoms with van der Waals surface area (Å²) in [5, 5.41) is 0. The fourth-order valence-electron chi connectivity index (χ4n) is 1.44. The van der Waals surface area contributed by atoms with Crippen LogP contribution in [0.25, 0.3) is 0 Å². The molecule has 1 aromatic carbocycles. The first-order chi connectivity index (χ1) is 9.42. The van der Waals surface area contributed by atoms with Gasteiger partial charge in [-0.3, -0.25) is 4.79 Å². The SMILES string of the molecule is COc1cccc(S(=O)(=O)NC(=O)c2ccc(Br)s2)c1. The summed E-state index contributed by atoms with van der Waals surface area (Å²) in [5.74, 6) is -0.261. The minimum atomic E-state index is -3.92. The van der Waals surface area contributed by atoms with Gasteiger partial charge < -0.3 is 4.74 Å². The monoisotopic (exact) mass is 375 g/mol. The number of benzene rings is 1. The van der Waals surface area contributed by atoms with Gasteiger partial charge in [0, 0.05) is 6.07 Å². The second-order valence-corrected chi connectivity index (χ2v) is 7.86. The molecule has 0 saturated carbocycles. The van der Waals surface area contributed by atoms with Gasteiger partial charge in [-0.25, -0.2) is 13.1 Å². The molecule has 8 heteroatoms. The predicted octanol–water partition coefficient (Wildman–Crippen LogP) is 2.64. The quantitative estimate of drug-likeness (QED) is 0.891. The first-order valence-electron chi connectivity index (χ1n) is 5.39. The lowest BCUT2D eigenvalue weighted by molar-refractivity contribution is 0.0985. The molecule has 0 aliphatic carbocycles. The molecule has 0 unspecified atom stereocenters. The normalized spacial score (nSPS) is 11.1. The molecule has 0 radical (unpaired) electrons. The van der Waals surface area contributed by atoms with E-state index in [0.717, 1.165) is 15.1 Å². The second-order valence-electron chi connectivity index (χ2n) is 3.72. The summed E-state index contributed by atoms with van der Waals surface area (Å²) in [6.07, 6.45) is 0. The van der Waals surface area contributed by atoms with Crippen molar-refractivity contribution in [1.29, 1.82) is 0 Å².